The smallest absolute Gasteiger partial charge is 0.317 e. The normalized spacial score (nSPS) is 32.5. The maximum Gasteiger partial charge on any atom is 0.317 e. The molecule has 13 heavy (non-hydrogen) atoms. The van der Waals surface area contributed by atoms with Crippen molar-refractivity contribution in [3.05, 3.63) is 18.2 Å². The number of rotatable bonds is 2. The highest BCUT2D eigenvalue weighted by atomic mass is 16.4. The number of carbonyl (C=O) groups is 1. The molecular formula is C8H10N2O3. The predicted octanol–water partition coefficient (Wildman–Crippen LogP) is -0.113. The molecule has 0 aliphatic heterocycles. The van der Waals surface area contributed by atoms with Crippen molar-refractivity contribution in [1.82, 2.24) is 9.97 Å². The first kappa shape index (κ1) is 8.25. The third-order valence-electron chi connectivity index (χ3n) is 2.53. The van der Waals surface area contributed by atoms with Crippen molar-refractivity contribution in [2.24, 2.45) is 0 Å². The lowest BCUT2D eigenvalue weighted by Gasteiger charge is -2.39. The molecule has 0 amide bonds. The predicted molar refractivity (Wildman–Crippen MR) is 43.1 cm³/mol. The molecule has 0 radical (unpaired) electrons. The van der Waals surface area contributed by atoms with E-state index in [0.717, 1.165) is 0 Å². The summed E-state index contributed by atoms with van der Waals surface area (Å²) in [6.45, 7) is 0. The minimum absolute atomic E-state index is 0.246. The number of H-pyrrole nitrogens is 1. The quantitative estimate of drug-likeness (QED) is 0.595. The van der Waals surface area contributed by atoms with Crippen molar-refractivity contribution in [1.29, 1.82) is 0 Å². The van der Waals surface area contributed by atoms with Crippen LogP contribution in [-0.2, 0) is 10.2 Å². The van der Waals surface area contributed by atoms with Gasteiger partial charge in [-0.3, -0.25) is 4.79 Å². The van der Waals surface area contributed by atoms with Gasteiger partial charge in [0.05, 0.1) is 6.10 Å². The Hall–Kier alpha value is -1.36. The highest BCUT2D eigenvalue weighted by molar-refractivity contribution is 5.81. The Morgan fingerprint density at radius 1 is 1.69 bits per heavy atom. The topological polar surface area (TPSA) is 86.2 Å². The maximum atomic E-state index is 11.0. The van der Waals surface area contributed by atoms with Crippen LogP contribution in [0.4, 0.5) is 0 Å². The largest absolute Gasteiger partial charge is 0.480 e. The van der Waals surface area contributed by atoms with Crippen LogP contribution in [0.5, 0.6) is 0 Å². The van der Waals surface area contributed by atoms with Gasteiger partial charge in [-0.25, -0.2) is 4.98 Å². The molecule has 0 bridgehead atoms. The van der Waals surface area contributed by atoms with Gasteiger partial charge in [-0.2, -0.15) is 0 Å². The van der Waals surface area contributed by atoms with Crippen molar-refractivity contribution in [2.75, 3.05) is 0 Å². The number of imidazole rings is 1. The van der Waals surface area contributed by atoms with Gasteiger partial charge in [-0.05, 0) is 12.8 Å². The number of nitrogens with one attached hydrogen (secondary N) is 1. The van der Waals surface area contributed by atoms with E-state index < -0.39 is 17.5 Å². The molecule has 0 saturated heterocycles. The van der Waals surface area contributed by atoms with E-state index in [2.05, 4.69) is 9.97 Å². The Labute approximate surface area is 74.4 Å². The lowest BCUT2D eigenvalue weighted by atomic mass is 9.66. The Kier molecular flexibility index (Phi) is 1.63. The van der Waals surface area contributed by atoms with E-state index in [9.17, 15) is 4.79 Å². The zero-order chi connectivity index (χ0) is 9.47. The molecule has 1 aliphatic carbocycles. The van der Waals surface area contributed by atoms with Crippen LogP contribution in [0.25, 0.3) is 0 Å². The number of aromatic nitrogens is 2. The van der Waals surface area contributed by atoms with Gasteiger partial charge in [0, 0.05) is 12.4 Å². The Morgan fingerprint density at radius 2 is 2.38 bits per heavy atom. The molecular weight excluding hydrogens is 172 g/mol. The third-order valence-corrected chi connectivity index (χ3v) is 2.53. The summed E-state index contributed by atoms with van der Waals surface area (Å²) < 4.78 is 0. The number of nitrogens with zero attached hydrogens (tertiary/aromatic N) is 1. The average Bonchev–Trinajstić information content (AvgIpc) is 2.49. The summed E-state index contributed by atoms with van der Waals surface area (Å²) >= 11 is 0. The number of hydrogen-bond donors (Lipinski definition) is 3. The Bertz CT molecular complexity index is 314. The number of aliphatic hydroxyl groups is 1. The monoisotopic (exact) mass is 182 g/mol. The molecule has 70 valence electrons. The van der Waals surface area contributed by atoms with Crippen LogP contribution < -0.4 is 0 Å². The zero-order valence-corrected chi connectivity index (χ0v) is 6.90. The summed E-state index contributed by atoms with van der Waals surface area (Å²) in [5.74, 6) is -0.488. The number of aliphatic carboxylic acids is 1. The minimum Gasteiger partial charge on any atom is -0.480 e. The van der Waals surface area contributed by atoms with Gasteiger partial charge in [-0.1, -0.05) is 0 Å². The standard InChI is InChI=1S/C8H10N2O3/c11-5-3-8(4-5,7(12)13)6-9-1-2-10-6/h1-2,5,11H,3-4H2,(H,9,10)(H,12,13). The summed E-state index contributed by atoms with van der Waals surface area (Å²) in [5.41, 5.74) is -0.983. The van der Waals surface area contributed by atoms with Gasteiger partial charge in [-0.15, -0.1) is 0 Å². The lowest BCUT2D eigenvalue weighted by molar-refractivity contribution is -0.153. The van der Waals surface area contributed by atoms with E-state index >= 15 is 0 Å². The maximum absolute atomic E-state index is 11.0. The summed E-state index contributed by atoms with van der Waals surface area (Å²) in [5, 5.41) is 18.1. The molecule has 0 aromatic carbocycles. The van der Waals surface area contributed by atoms with Crippen molar-refractivity contribution in [3.8, 4) is 0 Å². The SMILES string of the molecule is O=C(O)C1(c2ncc[nH]2)CC(O)C1. The summed E-state index contributed by atoms with van der Waals surface area (Å²) in [6, 6.07) is 0. The fourth-order valence-corrected chi connectivity index (χ4v) is 1.74. The van der Waals surface area contributed by atoms with E-state index in [1.54, 1.807) is 6.20 Å². The highest BCUT2D eigenvalue weighted by Gasteiger charge is 2.53. The Morgan fingerprint density at radius 3 is 2.77 bits per heavy atom. The van der Waals surface area contributed by atoms with E-state index in [0.29, 0.717) is 5.82 Å². The first-order chi connectivity index (χ1) is 6.15. The molecule has 1 heterocycles. The van der Waals surface area contributed by atoms with Crippen molar-refractivity contribution >= 4 is 5.97 Å². The molecule has 0 unspecified atom stereocenters. The second-order valence-corrected chi connectivity index (χ2v) is 3.39. The highest BCUT2D eigenvalue weighted by Crippen LogP contribution is 2.42. The molecule has 5 heteroatoms. The third kappa shape index (κ3) is 1.04. The molecule has 1 aromatic heterocycles. The van der Waals surface area contributed by atoms with Crippen LogP contribution >= 0.6 is 0 Å². The second kappa shape index (κ2) is 2.56. The summed E-state index contributed by atoms with van der Waals surface area (Å²) in [4.78, 5) is 17.7. The molecule has 1 fully saturated rings. The van der Waals surface area contributed by atoms with Gasteiger partial charge in [0.2, 0.25) is 0 Å². The second-order valence-electron chi connectivity index (χ2n) is 3.39. The summed E-state index contributed by atoms with van der Waals surface area (Å²) in [7, 11) is 0. The Balaban J connectivity index is 2.31. The van der Waals surface area contributed by atoms with Crippen LogP contribution in [0.15, 0.2) is 12.4 Å². The molecule has 3 N–H and O–H groups in total. The van der Waals surface area contributed by atoms with Gasteiger partial charge < -0.3 is 15.2 Å². The number of hydrogen-bond acceptors (Lipinski definition) is 3. The van der Waals surface area contributed by atoms with Gasteiger partial charge >= 0.3 is 5.97 Å². The molecule has 0 atom stereocenters. The fraction of sp³-hybridized carbons (Fsp3) is 0.500. The van der Waals surface area contributed by atoms with Crippen LogP contribution in [-0.4, -0.2) is 32.3 Å². The van der Waals surface area contributed by atoms with Crippen LogP contribution in [0.1, 0.15) is 18.7 Å². The zero-order valence-electron chi connectivity index (χ0n) is 6.90. The van der Waals surface area contributed by atoms with E-state index in [-0.39, 0.29) is 12.8 Å². The number of aromatic amines is 1. The number of carboxylic acid groups (broad SMARTS) is 1. The fourth-order valence-electron chi connectivity index (χ4n) is 1.74. The molecule has 2 rings (SSSR count). The van der Waals surface area contributed by atoms with Gasteiger partial charge in [0.25, 0.3) is 0 Å². The van der Waals surface area contributed by atoms with Crippen LogP contribution in [0, 0.1) is 0 Å². The first-order valence-corrected chi connectivity index (χ1v) is 4.06. The average molecular weight is 182 g/mol. The molecule has 1 aliphatic rings. The summed E-state index contributed by atoms with van der Waals surface area (Å²) in [6.07, 6.45) is 3.09. The number of aliphatic hydroxyl groups excluding tert-OH is 1. The van der Waals surface area contributed by atoms with Crippen molar-refractivity contribution in [2.45, 2.75) is 24.4 Å². The van der Waals surface area contributed by atoms with E-state index in [1.807, 2.05) is 0 Å². The molecule has 1 saturated carbocycles. The molecule has 1 aromatic rings. The van der Waals surface area contributed by atoms with Crippen molar-refractivity contribution < 1.29 is 15.0 Å². The van der Waals surface area contributed by atoms with Gasteiger partial charge in [0.1, 0.15) is 11.2 Å². The van der Waals surface area contributed by atoms with Crippen LogP contribution in [0.3, 0.4) is 0 Å². The molecule has 5 nitrogen and oxygen atoms in total. The van der Waals surface area contributed by atoms with Crippen molar-refractivity contribution in [3.63, 3.8) is 0 Å². The van der Waals surface area contributed by atoms with Gasteiger partial charge in [0.15, 0.2) is 0 Å². The lowest BCUT2D eigenvalue weighted by Crippen LogP contribution is -2.51. The minimum atomic E-state index is -0.983. The van der Waals surface area contributed by atoms with E-state index in [4.69, 9.17) is 10.2 Å². The molecule has 0 spiro atoms. The van der Waals surface area contributed by atoms with Crippen LogP contribution in [0.2, 0.25) is 0 Å². The first-order valence-electron chi connectivity index (χ1n) is 4.06. The number of carboxylic acids is 1. The van der Waals surface area contributed by atoms with E-state index in [1.165, 1.54) is 6.20 Å².